The van der Waals surface area contributed by atoms with Crippen molar-refractivity contribution in [3.05, 3.63) is 53.9 Å². The van der Waals surface area contributed by atoms with Crippen molar-refractivity contribution < 1.29 is 19.1 Å². The Morgan fingerprint density at radius 3 is 2.77 bits per heavy atom. The zero-order valence-electron chi connectivity index (χ0n) is 20.7. The summed E-state index contributed by atoms with van der Waals surface area (Å²) in [6.45, 7) is 5.71. The molecule has 1 fully saturated rings. The van der Waals surface area contributed by atoms with Crippen molar-refractivity contribution in [1.82, 2.24) is 9.55 Å². The molecule has 4 rings (SSSR count). The van der Waals surface area contributed by atoms with E-state index in [4.69, 9.17) is 14.5 Å². The molecule has 1 aromatic carbocycles. The number of methoxy groups -OCH3 is 1. The Hall–Kier alpha value is -3.39. The van der Waals surface area contributed by atoms with Crippen LogP contribution in [0.1, 0.15) is 49.2 Å². The second-order valence-electron chi connectivity index (χ2n) is 9.05. The average Bonchev–Trinajstić information content (AvgIpc) is 3.52. The topological polar surface area (TPSA) is 94.5 Å². The molecule has 0 saturated carbocycles. The van der Waals surface area contributed by atoms with Crippen molar-refractivity contribution in [2.24, 2.45) is 5.92 Å². The van der Waals surface area contributed by atoms with Crippen LogP contribution in [0.3, 0.4) is 0 Å². The number of esters is 1. The van der Waals surface area contributed by atoms with E-state index >= 15 is 0 Å². The number of amides is 1. The van der Waals surface area contributed by atoms with E-state index in [0.29, 0.717) is 48.6 Å². The molecule has 3 heterocycles. The third kappa shape index (κ3) is 5.65. The molecule has 1 amide bonds. The zero-order chi connectivity index (χ0) is 24.8. The van der Waals surface area contributed by atoms with Gasteiger partial charge in [-0.15, -0.1) is 0 Å². The maximum Gasteiger partial charge on any atom is 0.356 e. The zero-order valence-corrected chi connectivity index (χ0v) is 20.7. The van der Waals surface area contributed by atoms with Gasteiger partial charge in [0.1, 0.15) is 5.65 Å². The summed E-state index contributed by atoms with van der Waals surface area (Å²) < 4.78 is 12.4. The number of hydrogen-bond acceptors (Lipinski definition) is 6. The third-order valence-electron chi connectivity index (χ3n) is 6.54. The first-order valence-electron chi connectivity index (χ1n) is 12.3. The summed E-state index contributed by atoms with van der Waals surface area (Å²) in [5, 5.41) is 7.17. The Balaban J connectivity index is 1.74. The second kappa shape index (κ2) is 11.4. The number of nitrogens with zero attached hydrogens (tertiary/aromatic N) is 2. The molecule has 1 saturated heterocycles. The smallest absolute Gasteiger partial charge is 0.356 e. The van der Waals surface area contributed by atoms with Gasteiger partial charge in [0, 0.05) is 24.6 Å². The highest BCUT2D eigenvalue weighted by Gasteiger charge is 2.29. The van der Waals surface area contributed by atoms with Crippen LogP contribution in [0, 0.1) is 5.92 Å². The summed E-state index contributed by atoms with van der Waals surface area (Å²) in [6.07, 6.45) is 5.05. The van der Waals surface area contributed by atoms with Crippen molar-refractivity contribution in [3.63, 3.8) is 0 Å². The number of carbonyl (C=O) groups excluding carboxylic acids is 2. The van der Waals surface area contributed by atoms with E-state index in [1.807, 2.05) is 28.8 Å². The lowest BCUT2D eigenvalue weighted by Crippen LogP contribution is -2.24. The maximum atomic E-state index is 13.1. The van der Waals surface area contributed by atoms with Crippen molar-refractivity contribution in [3.8, 4) is 0 Å². The quantitative estimate of drug-likeness (QED) is 0.412. The van der Waals surface area contributed by atoms with E-state index in [9.17, 15) is 9.59 Å². The van der Waals surface area contributed by atoms with Crippen molar-refractivity contribution in [1.29, 1.82) is 0 Å². The highest BCUT2D eigenvalue weighted by Crippen LogP contribution is 2.34. The molecule has 35 heavy (non-hydrogen) atoms. The lowest BCUT2D eigenvalue weighted by molar-refractivity contribution is -0.119. The molecule has 2 aromatic heterocycles. The molecule has 0 spiro atoms. The van der Waals surface area contributed by atoms with Crippen LogP contribution in [-0.2, 0) is 27.2 Å². The van der Waals surface area contributed by atoms with Gasteiger partial charge in [-0.2, -0.15) is 0 Å². The SMILES string of the molecule is CC[C@H](C)Nc1cnc2c(c1)c(NC(=O)[C@H]1CCOC1)c(C(=O)OC)n2CCCc1ccccc1. The number of nitrogens with one attached hydrogen (secondary N) is 2. The normalized spacial score (nSPS) is 16.3. The summed E-state index contributed by atoms with van der Waals surface area (Å²) in [5.41, 5.74) is 3.47. The lowest BCUT2D eigenvalue weighted by atomic mass is 10.1. The van der Waals surface area contributed by atoms with Gasteiger partial charge in [0.05, 0.1) is 37.2 Å². The third-order valence-corrected chi connectivity index (χ3v) is 6.54. The van der Waals surface area contributed by atoms with E-state index in [1.54, 1.807) is 6.20 Å². The molecule has 2 N–H and O–H groups in total. The van der Waals surface area contributed by atoms with Crippen LogP contribution in [0.5, 0.6) is 0 Å². The summed E-state index contributed by atoms with van der Waals surface area (Å²) >= 11 is 0. The molecule has 8 heteroatoms. The standard InChI is InChI=1S/C27H34N4O4/c1-4-18(2)29-21-15-22-23(30-26(32)20-12-14-35-17-20)24(27(33)34-3)31(25(22)28-16-21)13-8-11-19-9-6-5-7-10-19/h5-7,9-10,15-16,18,20,29H,4,8,11-14,17H2,1-3H3,(H,30,32)/t18-,20-/m0/s1. The number of carbonyl (C=O) groups is 2. The predicted molar refractivity (Wildman–Crippen MR) is 137 cm³/mol. The lowest BCUT2D eigenvalue weighted by Gasteiger charge is -2.13. The van der Waals surface area contributed by atoms with Crippen LogP contribution in [0.25, 0.3) is 11.0 Å². The van der Waals surface area contributed by atoms with Gasteiger partial charge in [0.2, 0.25) is 5.91 Å². The number of ether oxygens (including phenoxy) is 2. The molecule has 1 aliphatic heterocycles. The van der Waals surface area contributed by atoms with Crippen molar-refractivity contribution in [2.45, 2.75) is 52.1 Å². The van der Waals surface area contributed by atoms with Gasteiger partial charge < -0.3 is 24.7 Å². The van der Waals surface area contributed by atoms with Crippen molar-refractivity contribution >= 4 is 34.3 Å². The summed E-state index contributed by atoms with van der Waals surface area (Å²) in [4.78, 5) is 30.8. The van der Waals surface area contributed by atoms with E-state index in [0.717, 1.165) is 24.9 Å². The Bertz CT molecular complexity index is 1170. The number of fused-ring (bicyclic) bond motifs is 1. The number of benzene rings is 1. The van der Waals surface area contributed by atoms with E-state index in [-0.39, 0.29) is 17.9 Å². The summed E-state index contributed by atoms with van der Waals surface area (Å²) in [7, 11) is 1.36. The summed E-state index contributed by atoms with van der Waals surface area (Å²) in [6, 6.07) is 12.4. The van der Waals surface area contributed by atoms with Crippen LogP contribution in [0.15, 0.2) is 42.6 Å². The predicted octanol–water partition coefficient (Wildman–Crippen LogP) is 4.64. The minimum Gasteiger partial charge on any atom is -0.464 e. The Kier molecular flexibility index (Phi) is 8.02. The number of anilines is 2. The first-order chi connectivity index (χ1) is 17.0. The number of pyridine rings is 1. The minimum atomic E-state index is -0.503. The number of rotatable bonds is 10. The molecule has 0 radical (unpaired) electrons. The highest BCUT2D eigenvalue weighted by atomic mass is 16.5. The molecular weight excluding hydrogens is 444 g/mol. The molecule has 8 nitrogen and oxygen atoms in total. The van der Waals surface area contributed by atoms with E-state index in [1.165, 1.54) is 12.7 Å². The number of aryl methyl sites for hydroxylation is 2. The molecule has 0 bridgehead atoms. The fourth-order valence-corrected chi connectivity index (χ4v) is 4.40. The molecule has 186 valence electrons. The molecule has 2 atom stereocenters. The molecule has 1 aliphatic rings. The van der Waals surface area contributed by atoms with E-state index < -0.39 is 5.97 Å². The second-order valence-corrected chi connectivity index (χ2v) is 9.05. The van der Waals surface area contributed by atoms with Gasteiger partial charge in [-0.3, -0.25) is 4.79 Å². The number of hydrogen-bond donors (Lipinski definition) is 2. The van der Waals surface area contributed by atoms with Gasteiger partial charge in [-0.1, -0.05) is 37.3 Å². The van der Waals surface area contributed by atoms with Crippen LogP contribution >= 0.6 is 0 Å². The Labute approximate surface area is 206 Å². The Morgan fingerprint density at radius 1 is 1.29 bits per heavy atom. The van der Waals surface area contributed by atoms with Crippen LogP contribution < -0.4 is 10.6 Å². The fraction of sp³-hybridized carbons (Fsp3) is 0.444. The monoisotopic (exact) mass is 478 g/mol. The van der Waals surface area contributed by atoms with Crippen molar-refractivity contribution in [2.75, 3.05) is 31.0 Å². The molecule has 3 aromatic rings. The first kappa shape index (κ1) is 24.7. The first-order valence-corrected chi connectivity index (χ1v) is 12.3. The van der Waals surface area contributed by atoms with Gasteiger partial charge in [-0.25, -0.2) is 9.78 Å². The fourth-order valence-electron chi connectivity index (χ4n) is 4.40. The van der Waals surface area contributed by atoms with Gasteiger partial charge >= 0.3 is 5.97 Å². The highest BCUT2D eigenvalue weighted by molar-refractivity contribution is 6.11. The van der Waals surface area contributed by atoms with Gasteiger partial charge in [-0.05, 0) is 44.2 Å². The molecular formula is C27H34N4O4. The summed E-state index contributed by atoms with van der Waals surface area (Å²) in [5.74, 6) is -0.903. The largest absolute Gasteiger partial charge is 0.464 e. The van der Waals surface area contributed by atoms with Crippen LogP contribution in [-0.4, -0.2) is 47.8 Å². The van der Waals surface area contributed by atoms with E-state index in [2.05, 4.69) is 36.6 Å². The van der Waals surface area contributed by atoms with Gasteiger partial charge in [0.25, 0.3) is 0 Å². The maximum absolute atomic E-state index is 13.1. The van der Waals surface area contributed by atoms with Crippen LogP contribution in [0.4, 0.5) is 11.4 Å². The molecule has 0 unspecified atom stereocenters. The average molecular weight is 479 g/mol. The minimum absolute atomic E-state index is 0.156. The molecule has 0 aliphatic carbocycles. The Morgan fingerprint density at radius 2 is 2.09 bits per heavy atom. The number of aromatic nitrogens is 2. The van der Waals surface area contributed by atoms with Crippen LogP contribution in [0.2, 0.25) is 0 Å². The van der Waals surface area contributed by atoms with Gasteiger partial charge in [0.15, 0.2) is 5.69 Å².